The predicted molar refractivity (Wildman–Crippen MR) is 129 cm³/mol. The molecule has 0 aliphatic heterocycles. The van der Waals surface area contributed by atoms with Crippen molar-refractivity contribution >= 4 is 28.9 Å². The van der Waals surface area contributed by atoms with E-state index in [0.29, 0.717) is 12.0 Å². The van der Waals surface area contributed by atoms with Crippen LogP contribution in [0, 0.1) is 0 Å². The molecule has 0 bridgehead atoms. The number of aryl methyl sites for hydroxylation is 1. The molecule has 3 heterocycles. The molecule has 0 radical (unpaired) electrons. The molecule has 0 fully saturated rings. The zero-order valence-electron chi connectivity index (χ0n) is 19.8. The van der Waals surface area contributed by atoms with Crippen LogP contribution in [-0.4, -0.2) is 40.6 Å². The van der Waals surface area contributed by atoms with Crippen molar-refractivity contribution in [2.45, 2.75) is 46.1 Å². The largest absolute Gasteiger partial charge is 0.433 e. The SMILES string of the molecule is CCCn1c(=O)c2c(nc(-c3cnn(Cc4cccc(C(F)(F)F)c4)c3)n2C(=O)OCCl)n(CC)c1=O. The Morgan fingerprint density at radius 1 is 1.16 bits per heavy atom. The third-order valence-electron chi connectivity index (χ3n) is 5.64. The van der Waals surface area contributed by atoms with Gasteiger partial charge in [0.2, 0.25) is 0 Å². The summed E-state index contributed by atoms with van der Waals surface area (Å²) in [6.07, 6.45) is -2.17. The van der Waals surface area contributed by atoms with Crippen LogP contribution in [0.4, 0.5) is 18.0 Å². The van der Waals surface area contributed by atoms with Crippen molar-refractivity contribution in [1.29, 1.82) is 0 Å². The monoisotopic (exact) mass is 538 g/mol. The Kier molecular flexibility index (Phi) is 7.25. The number of rotatable bonds is 7. The van der Waals surface area contributed by atoms with Gasteiger partial charge in [0.05, 0.1) is 23.9 Å². The third kappa shape index (κ3) is 4.90. The molecule has 0 amide bonds. The summed E-state index contributed by atoms with van der Waals surface area (Å²) in [5.74, 6) is -0.0339. The maximum atomic E-state index is 13.3. The Morgan fingerprint density at radius 2 is 1.92 bits per heavy atom. The molecule has 3 aromatic heterocycles. The molecule has 10 nitrogen and oxygen atoms in total. The van der Waals surface area contributed by atoms with E-state index in [0.717, 1.165) is 21.3 Å². The Bertz CT molecular complexity index is 1580. The average Bonchev–Trinajstić information content (AvgIpc) is 3.47. The summed E-state index contributed by atoms with van der Waals surface area (Å²) in [4.78, 5) is 43.5. The predicted octanol–water partition coefficient (Wildman–Crippen LogP) is 3.90. The van der Waals surface area contributed by atoms with Crippen molar-refractivity contribution in [3.05, 3.63) is 68.6 Å². The van der Waals surface area contributed by atoms with Gasteiger partial charge in [-0.25, -0.2) is 19.1 Å². The standard InChI is InChI=1S/C23H22ClF3N6O4/c1-3-8-32-20(34)17-19(31(4-2)21(32)35)29-18(33(17)22(36)37-13-24)15-10-28-30(12-15)11-14-6-5-7-16(9-14)23(25,26)27/h5-7,9-10,12H,3-4,8,11,13H2,1-2H3. The first kappa shape index (κ1) is 26.2. The Morgan fingerprint density at radius 3 is 2.57 bits per heavy atom. The highest BCUT2D eigenvalue weighted by Crippen LogP contribution is 2.30. The molecule has 0 unspecified atom stereocenters. The van der Waals surface area contributed by atoms with E-state index in [1.807, 2.05) is 0 Å². The van der Waals surface area contributed by atoms with Gasteiger partial charge in [-0.2, -0.15) is 18.3 Å². The number of fused-ring (bicyclic) bond motifs is 1. The van der Waals surface area contributed by atoms with E-state index >= 15 is 0 Å². The zero-order valence-corrected chi connectivity index (χ0v) is 20.6. The minimum Gasteiger partial charge on any atom is -0.433 e. The molecule has 0 saturated carbocycles. The van der Waals surface area contributed by atoms with E-state index in [-0.39, 0.29) is 42.2 Å². The summed E-state index contributed by atoms with van der Waals surface area (Å²) in [5.41, 5.74) is -1.63. The van der Waals surface area contributed by atoms with Crippen molar-refractivity contribution in [2.24, 2.45) is 0 Å². The molecular weight excluding hydrogens is 517 g/mol. The van der Waals surface area contributed by atoms with Crippen molar-refractivity contribution < 1.29 is 22.7 Å². The number of nitrogens with zero attached hydrogens (tertiary/aromatic N) is 6. The molecular formula is C23H22ClF3N6O4. The summed E-state index contributed by atoms with van der Waals surface area (Å²) in [6, 6.07) is 4.32. The summed E-state index contributed by atoms with van der Waals surface area (Å²) < 4.78 is 48.8. The molecule has 1 aromatic carbocycles. The van der Waals surface area contributed by atoms with E-state index in [1.165, 1.54) is 33.8 Å². The van der Waals surface area contributed by atoms with Crippen LogP contribution in [0.2, 0.25) is 0 Å². The van der Waals surface area contributed by atoms with Crippen molar-refractivity contribution in [3.8, 4) is 11.4 Å². The van der Waals surface area contributed by atoms with Gasteiger partial charge in [-0.3, -0.25) is 18.6 Å². The first-order valence-corrected chi connectivity index (χ1v) is 11.8. The van der Waals surface area contributed by atoms with Crippen LogP contribution in [-0.2, 0) is 30.5 Å². The van der Waals surface area contributed by atoms with Crippen LogP contribution in [0.15, 0.2) is 46.2 Å². The van der Waals surface area contributed by atoms with E-state index in [9.17, 15) is 27.6 Å². The fraction of sp³-hybridized carbons (Fsp3) is 0.348. The molecule has 0 N–H and O–H groups in total. The summed E-state index contributed by atoms with van der Waals surface area (Å²) in [7, 11) is 0. The number of imidazole rings is 1. The maximum absolute atomic E-state index is 13.3. The fourth-order valence-electron chi connectivity index (χ4n) is 4.03. The number of hydrogen-bond acceptors (Lipinski definition) is 6. The Hall–Kier alpha value is -3.87. The van der Waals surface area contributed by atoms with E-state index in [4.69, 9.17) is 16.3 Å². The van der Waals surface area contributed by atoms with Gasteiger partial charge in [-0.15, -0.1) is 0 Å². The van der Waals surface area contributed by atoms with Crippen LogP contribution in [0.5, 0.6) is 0 Å². The second kappa shape index (κ2) is 10.2. The summed E-state index contributed by atoms with van der Waals surface area (Å²) in [5, 5.41) is 4.18. The van der Waals surface area contributed by atoms with E-state index < -0.39 is 35.1 Å². The molecule has 4 rings (SSSR count). The number of aromatic nitrogens is 6. The van der Waals surface area contributed by atoms with Crippen molar-refractivity contribution in [3.63, 3.8) is 0 Å². The lowest BCUT2D eigenvalue weighted by atomic mass is 10.1. The number of alkyl halides is 4. The molecule has 0 spiro atoms. The number of carbonyl (C=O) groups excluding carboxylic acids is 1. The minimum atomic E-state index is -4.49. The van der Waals surface area contributed by atoms with Crippen LogP contribution in [0.25, 0.3) is 22.6 Å². The minimum absolute atomic E-state index is 0.000745. The van der Waals surface area contributed by atoms with Crippen molar-refractivity contribution in [1.82, 2.24) is 28.5 Å². The number of benzene rings is 1. The highest BCUT2D eigenvalue weighted by atomic mass is 35.5. The van der Waals surface area contributed by atoms with Gasteiger partial charge in [0.25, 0.3) is 5.56 Å². The van der Waals surface area contributed by atoms with Crippen LogP contribution in [0.1, 0.15) is 31.4 Å². The third-order valence-corrected chi connectivity index (χ3v) is 5.75. The number of hydrogen-bond donors (Lipinski definition) is 0. The quantitative estimate of drug-likeness (QED) is 0.330. The second-order valence-corrected chi connectivity index (χ2v) is 8.29. The van der Waals surface area contributed by atoms with Crippen molar-refractivity contribution in [2.75, 3.05) is 6.07 Å². The van der Waals surface area contributed by atoms with Gasteiger partial charge in [-0.1, -0.05) is 30.7 Å². The molecule has 0 atom stereocenters. The van der Waals surface area contributed by atoms with Crippen LogP contribution < -0.4 is 11.2 Å². The van der Waals surface area contributed by atoms with E-state index in [1.54, 1.807) is 13.8 Å². The molecule has 37 heavy (non-hydrogen) atoms. The highest BCUT2D eigenvalue weighted by Gasteiger charge is 2.30. The lowest BCUT2D eigenvalue weighted by Gasteiger charge is -2.10. The number of ether oxygens (including phenoxy) is 1. The van der Waals surface area contributed by atoms with E-state index in [2.05, 4.69) is 10.1 Å². The molecule has 0 aliphatic rings. The summed E-state index contributed by atoms with van der Waals surface area (Å²) >= 11 is 5.59. The normalized spacial score (nSPS) is 11.8. The smallest absolute Gasteiger partial charge is 0.421 e. The van der Waals surface area contributed by atoms with Gasteiger partial charge >= 0.3 is 18.0 Å². The molecule has 0 aliphatic carbocycles. The van der Waals surface area contributed by atoms with Gasteiger partial charge in [0.15, 0.2) is 23.1 Å². The first-order chi connectivity index (χ1) is 17.6. The van der Waals surface area contributed by atoms with Gasteiger partial charge in [0.1, 0.15) is 0 Å². The van der Waals surface area contributed by atoms with Gasteiger partial charge < -0.3 is 4.74 Å². The molecule has 14 heteroatoms. The van der Waals surface area contributed by atoms with Crippen LogP contribution >= 0.6 is 11.6 Å². The highest BCUT2D eigenvalue weighted by molar-refractivity contribution is 6.17. The topological polar surface area (TPSA) is 106 Å². The summed E-state index contributed by atoms with van der Waals surface area (Å²) in [6.45, 7) is 3.81. The second-order valence-electron chi connectivity index (χ2n) is 8.07. The Labute approximate surface area is 212 Å². The molecule has 4 aromatic rings. The fourth-order valence-corrected chi connectivity index (χ4v) is 4.12. The van der Waals surface area contributed by atoms with Crippen LogP contribution in [0.3, 0.4) is 0 Å². The first-order valence-electron chi connectivity index (χ1n) is 11.3. The lowest BCUT2D eigenvalue weighted by molar-refractivity contribution is -0.137. The Balaban J connectivity index is 1.87. The van der Waals surface area contributed by atoms with Gasteiger partial charge in [-0.05, 0) is 31.0 Å². The van der Waals surface area contributed by atoms with Gasteiger partial charge in [0, 0.05) is 19.3 Å². The number of halogens is 4. The average molecular weight is 539 g/mol. The maximum Gasteiger partial charge on any atom is 0.421 e. The lowest BCUT2D eigenvalue weighted by Crippen LogP contribution is -2.40. The number of carbonyl (C=O) groups is 1. The molecule has 196 valence electrons. The zero-order chi connectivity index (χ0) is 26.9. The molecule has 0 saturated heterocycles.